The third kappa shape index (κ3) is 6.07. The first-order valence-electron chi connectivity index (χ1n) is 22.8. The van der Waals surface area contributed by atoms with Crippen LogP contribution < -0.4 is 4.90 Å². The van der Waals surface area contributed by atoms with E-state index in [1.165, 1.54) is 94.7 Å². The Kier molecular flexibility index (Phi) is 9.14. The predicted molar refractivity (Wildman–Crippen MR) is 272 cm³/mol. The monoisotopic (exact) mass is 829 g/mol. The molecule has 1 heteroatoms. The van der Waals surface area contributed by atoms with Gasteiger partial charge in [-0.2, -0.15) is 0 Å². The van der Waals surface area contributed by atoms with Gasteiger partial charge in [0, 0.05) is 22.2 Å². The topological polar surface area (TPSA) is 3.24 Å². The number of rotatable bonds is 8. The summed E-state index contributed by atoms with van der Waals surface area (Å²) >= 11 is 0. The summed E-state index contributed by atoms with van der Waals surface area (Å²) in [6.07, 6.45) is 0. The van der Waals surface area contributed by atoms with Crippen LogP contribution in [0.3, 0.4) is 0 Å². The van der Waals surface area contributed by atoms with Crippen molar-refractivity contribution in [2.75, 3.05) is 4.90 Å². The smallest absolute Gasteiger partial charge is 0.0713 e. The first-order chi connectivity index (χ1) is 32.0. The molecule has 2 aliphatic rings. The Morgan fingerprint density at radius 2 is 0.785 bits per heavy atom. The minimum absolute atomic E-state index is 0.183. The summed E-state index contributed by atoms with van der Waals surface area (Å²) in [5.74, 6) is 0. The Labute approximate surface area is 382 Å². The van der Waals surface area contributed by atoms with Crippen molar-refractivity contribution in [2.24, 2.45) is 0 Å². The average Bonchev–Trinajstić information content (AvgIpc) is 3.81. The Morgan fingerprint density at radius 1 is 0.292 bits per heavy atom. The number of hydrogen-bond donors (Lipinski definition) is 0. The minimum Gasteiger partial charge on any atom is -0.309 e. The van der Waals surface area contributed by atoms with Gasteiger partial charge < -0.3 is 4.90 Å². The molecule has 0 aromatic heterocycles. The van der Waals surface area contributed by atoms with Crippen molar-refractivity contribution in [3.8, 4) is 55.6 Å². The van der Waals surface area contributed by atoms with Gasteiger partial charge in [0.05, 0.1) is 16.8 Å². The van der Waals surface area contributed by atoms with Crippen LogP contribution in [0.25, 0.3) is 55.6 Å². The fourth-order valence-electron chi connectivity index (χ4n) is 11.2. The van der Waals surface area contributed by atoms with Gasteiger partial charge in [-0.05, 0) is 120 Å². The summed E-state index contributed by atoms with van der Waals surface area (Å²) in [4.78, 5) is 2.48. The van der Waals surface area contributed by atoms with E-state index in [0.29, 0.717) is 0 Å². The molecular weight excluding hydrogens is 783 g/mol. The van der Waals surface area contributed by atoms with Gasteiger partial charge in [-0.25, -0.2) is 0 Å². The Balaban J connectivity index is 1.00. The van der Waals surface area contributed by atoms with E-state index in [2.05, 4.69) is 267 Å². The third-order valence-corrected chi connectivity index (χ3v) is 14.1. The molecule has 2 aliphatic carbocycles. The molecule has 10 aromatic carbocycles. The Hall–Kier alpha value is -8.00. The Morgan fingerprint density at radius 3 is 1.51 bits per heavy atom. The molecule has 10 aromatic rings. The van der Waals surface area contributed by atoms with Crippen LogP contribution in [0.4, 0.5) is 17.1 Å². The van der Waals surface area contributed by atoms with Crippen molar-refractivity contribution in [1.82, 2.24) is 0 Å². The number of nitrogens with zero attached hydrogens (tertiary/aromatic N) is 1. The zero-order valence-electron chi connectivity index (χ0n) is 36.6. The summed E-state index contributed by atoms with van der Waals surface area (Å²) in [5, 5.41) is 0. The molecule has 0 unspecified atom stereocenters. The van der Waals surface area contributed by atoms with Gasteiger partial charge in [0.1, 0.15) is 0 Å². The maximum atomic E-state index is 2.48. The summed E-state index contributed by atoms with van der Waals surface area (Å²) in [6, 6.07) is 91.9. The van der Waals surface area contributed by atoms with Gasteiger partial charge >= 0.3 is 0 Å². The lowest BCUT2D eigenvalue weighted by molar-refractivity contribution is 0.660. The van der Waals surface area contributed by atoms with Crippen LogP contribution in [0.5, 0.6) is 0 Å². The van der Waals surface area contributed by atoms with E-state index in [1.807, 2.05) is 0 Å². The van der Waals surface area contributed by atoms with Crippen LogP contribution in [-0.4, -0.2) is 0 Å². The molecule has 0 saturated carbocycles. The molecular formula is C64H47N. The fraction of sp³-hybridized carbons (Fsp3) is 0.0625. The van der Waals surface area contributed by atoms with E-state index >= 15 is 0 Å². The largest absolute Gasteiger partial charge is 0.309 e. The van der Waals surface area contributed by atoms with Gasteiger partial charge in [-0.1, -0.05) is 220 Å². The molecule has 65 heavy (non-hydrogen) atoms. The highest BCUT2D eigenvalue weighted by molar-refractivity contribution is 5.98. The van der Waals surface area contributed by atoms with Crippen molar-refractivity contribution >= 4 is 17.1 Å². The van der Waals surface area contributed by atoms with Crippen molar-refractivity contribution < 1.29 is 0 Å². The van der Waals surface area contributed by atoms with Crippen molar-refractivity contribution in [1.29, 1.82) is 0 Å². The van der Waals surface area contributed by atoms with E-state index in [4.69, 9.17) is 0 Å². The fourth-order valence-corrected chi connectivity index (χ4v) is 11.2. The van der Waals surface area contributed by atoms with E-state index in [1.54, 1.807) is 0 Å². The summed E-state index contributed by atoms with van der Waals surface area (Å²) < 4.78 is 0. The second-order valence-corrected chi connectivity index (χ2v) is 18.0. The lowest BCUT2D eigenvalue weighted by atomic mass is 9.67. The number of hydrogen-bond acceptors (Lipinski definition) is 1. The van der Waals surface area contributed by atoms with Crippen LogP contribution in [0.1, 0.15) is 47.2 Å². The standard InChI is InChI=1S/C64H47N/c1-63(2)58-36-20-38-61(62(58)55-40-39-47(43-59(55)63)44-21-6-3-7-22-44)65(51-29-10-5-11-30-51)60-37-17-14-31-52(60)48-25-18-23-45(41-48)46-24-19-28-50(42-46)64(49-26-8-4-9-27-49)56-34-15-12-32-53(56)54-33-13-16-35-57(54)64/h3-43H,1-2H3. The summed E-state index contributed by atoms with van der Waals surface area (Å²) in [6.45, 7) is 4.76. The van der Waals surface area contributed by atoms with Gasteiger partial charge in [0.2, 0.25) is 0 Å². The molecule has 0 aliphatic heterocycles. The number of fused-ring (bicyclic) bond motifs is 6. The van der Waals surface area contributed by atoms with E-state index < -0.39 is 5.41 Å². The van der Waals surface area contributed by atoms with Crippen molar-refractivity contribution in [2.45, 2.75) is 24.7 Å². The van der Waals surface area contributed by atoms with Gasteiger partial charge in [-0.15, -0.1) is 0 Å². The average molecular weight is 830 g/mol. The lowest BCUT2D eigenvalue weighted by Gasteiger charge is -2.34. The molecule has 1 nitrogen and oxygen atoms in total. The zero-order chi connectivity index (χ0) is 43.5. The molecule has 0 N–H and O–H groups in total. The first-order valence-corrected chi connectivity index (χ1v) is 22.8. The Bertz CT molecular complexity index is 3350. The third-order valence-electron chi connectivity index (χ3n) is 14.1. The summed E-state index contributed by atoms with van der Waals surface area (Å²) in [5.41, 5.74) is 23.0. The van der Waals surface area contributed by atoms with Crippen LogP contribution >= 0.6 is 0 Å². The molecule has 0 atom stereocenters. The first kappa shape index (κ1) is 38.7. The molecule has 0 spiro atoms. The highest BCUT2D eigenvalue weighted by atomic mass is 15.1. The molecule has 308 valence electrons. The van der Waals surface area contributed by atoms with Crippen LogP contribution in [-0.2, 0) is 10.8 Å². The number of benzene rings is 10. The van der Waals surface area contributed by atoms with Crippen LogP contribution in [0.15, 0.2) is 249 Å². The molecule has 0 heterocycles. The van der Waals surface area contributed by atoms with Gasteiger partial charge in [-0.3, -0.25) is 0 Å². The molecule has 0 radical (unpaired) electrons. The molecule has 0 saturated heterocycles. The predicted octanol–water partition coefficient (Wildman–Crippen LogP) is 16.8. The number of anilines is 3. The normalized spacial score (nSPS) is 13.6. The molecule has 0 amide bonds. The number of para-hydroxylation sites is 2. The SMILES string of the molecule is CC1(C)c2cc(-c3ccccc3)ccc2-c2c(N(c3ccccc3)c3ccccc3-c3cccc(-c4cccc(C5(c6ccccc6)c6ccccc6-c6ccccc65)c4)c3)cccc21. The second kappa shape index (κ2) is 15.4. The zero-order valence-corrected chi connectivity index (χ0v) is 36.6. The molecule has 0 fully saturated rings. The minimum atomic E-state index is -0.461. The molecule has 12 rings (SSSR count). The highest BCUT2D eigenvalue weighted by Crippen LogP contribution is 2.58. The quantitative estimate of drug-likeness (QED) is 0.147. The second-order valence-electron chi connectivity index (χ2n) is 18.0. The highest BCUT2D eigenvalue weighted by Gasteiger charge is 2.46. The van der Waals surface area contributed by atoms with E-state index in [9.17, 15) is 0 Å². The van der Waals surface area contributed by atoms with Crippen molar-refractivity contribution in [3.63, 3.8) is 0 Å². The van der Waals surface area contributed by atoms with Crippen LogP contribution in [0.2, 0.25) is 0 Å². The summed E-state index contributed by atoms with van der Waals surface area (Å²) in [7, 11) is 0. The molecule has 0 bridgehead atoms. The maximum absolute atomic E-state index is 2.48. The van der Waals surface area contributed by atoms with Gasteiger partial charge in [0.25, 0.3) is 0 Å². The lowest BCUT2D eigenvalue weighted by Crippen LogP contribution is -2.28. The van der Waals surface area contributed by atoms with Crippen LogP contribution in [0, 0.1) is 0 Å². The van der Waals surface area contributed by atoms with Gasteiger partial charge in [0.15, 0.2) is 0 Å². The van der Waals surface area contributed by atoms with E-state index in [0.717, 1.165) is 11.4 Å². The van der Waals surface area contributed by atoms with E-state index in [-0.39, 0.29) is 5.41 Å². The van der Waals surface area contributed by atoms with Crippen molar-refractivity contribution in [3.05, 3.63) is 282 Å². The maximum Gasteiger partial charge on any atom is 0.0713 e.